The van der Waals surface area contributed by atoms with Gasteiger partial charge < -0.3 is 14.6 Å². The zero-order valence-corrected chi connectivity index (χ0v) is 16.0. The van der Waals surface area contributed by atoms with Gasteiger partial charge in [0.05, 0.1) is 6.42 Å². The van der Waals surface area contributed by atoms with Gasteiger partial charge in [0.2, 0.25) is 11.7 Å². The number of anilines is 1. The molecule has 0 saturated heterocycles. The van der Waals surface area contributed by atoms with Crippen LogP contribution in [0.2, 0.25) is 0 Å². The molecule has 1 amide bonds. The molecule has 0 fully saturated rings. The van der Waals surface area contributed by atoms with Crippen LogP contribution < -0.4 is 5.32 Å². The minimum absolute atomic E-state index is 0.0208. The fourth-order valence-corrected chi connectivity index (χ4v) is 2.54. The molecule has 1 unspecified atom stereocenters. The van der Waals surface area contributed by atoms with Gasteiger partial charge >= 0.3 is 5.97 Å². The Morgan fingerprint density at radius 2 is 1.90 bits per heavy atom. The molecule has 3 rings (SSSR count). The topological polar surface area (TPSA) is 94.3 Å². The summed E-state index contributed by atoms with van der Waals surface area (Å²) >= 11 is 0. The smallest absolute Gasteiger partial charge is 0.307 e. The number of aryl methyl sites for hydroxylation is 2. The van der Waals surface area contributed by atoms with Crippen molar-refractivity contribution in [2.45, 2.75) is 32.8 Å². The van der Waals surface area contributed by atoms with Crippen molar-refractivity contribution in [3.05, 3.63) is 65.8 Å². The van der Waals surface area contributed by atoms with E-state index in [0.29, 0.717) is 17.1 Å². The molecule has 0 aliphatic carbocycles. The first kappa shape index (κ1) is 20.2. The molecule has 1 atom stereocenters. The minimum Gasteiger partial charge on any atom is -0.453 e. The number of ether oxygens (including phenoxy) is 1. The van der Waals surface area contributed by atoms with E-state index in [1.807, 2.05) is 25.1 Å². The van der Waals surface area contributed by atoms with E-state index < -0.39 is 18.0 Å². The summed E-state index contributed by atoms with van der Waals surface area (Å²) < 4.78 is 23.2. The van der Waals surface area contributed by atoms with Gasteiger partial charge in [-0.2, -0.15) is 4.98 Å². The lowest BCUT2D eigenvalue weighted by molar-refractivity contribution is -0.153. The highest BCUT2D eigenvalue weighted by Crippen LogP contribution is 2.17. The van der Waals surface area contributed by atoms with Crippen LogP contribution >= 0.6 is 0 Å². The molecule has 1 heterocycles. The van der Waals surface area contributed by atoms with E-state index in [1.165, 1.54) is 31.2 Å². The molecule has 2 aromatic carbocycles. The summed E-state index contributed by atoms with van der Waals surface area (Å²) in [5.74, 6) is -0.776. The molecular formula is C21H20FN3O4. The standard InChI is InChI=1S/C21H20FN3O4/c1-13-5-3-4-6-17(13)23-21(27)14(2)28-19(26)12-11-18-24-20(25-29-18)15-7-9-16(22)10-8-15/h3-10,14H,11-12H2,1-2H3,(H,23,27). The summed E-state index contributed by atoms with van der Waals surface area (Å²) in [5.41, 5.74) is 2.18. The van der Waals surface area contributed by atoms with Crippen LogP contribution in [0.5, 0.6) is 0 Å². The lowest BCUT2D eigenvalue weighted by atomic mass is 10.2. The number of halogens is 1. The molecule has 0 saturated carbocycles. The van der Waals surface area contributed by atoms with Gasteiger partial charge in [0.25, 0.3) is 5.91 Å². The number of nitrogens with one attached hydrogen (secondary N) is 1. The van der Waals surface area contributed by atoms with Gasteiger partial charge in [-0.3, -0.25) is 9.59 Å². The maximum Gasteiger partial charge on any atom is 0.307 e. The van der Waals surface area contributed by atoms with E-state index in [2.05, 4.69) is 15.5 Å². The van der Waals surface area contributed by atoms with Crippen molar-refractivity contribution in [3.8, 4) is 11.4 Å². The Balaban J connectivity index is 1.49. The first-order valence-electron chi connectivity index (χ1n) is 9.07. The van der Waals surface area contributed by atoms with Crippen LogP contribution in [0.1, 0.15) is 24.8 Å². The number of nitrogens with zero attached hydrogens (tertiary/aromatic N) is 2. The summed E-state index contributed by atoms with van der Waals surface area (Å²) in [7, 11) is 0. The van der Waals surface area contributed by atoms with E-state index in [9.17, 15) is 14.0 Å². The first-order chi connectivity index (χ1) is 13.9. The Hall–Kier alpha value is -3.55. The van der Waals surface area contributed by atoms with Crippen LogP contribution in [0.25, 0.3) is 11.4 Å². The van der Waals surface area contributed by atoms with Crippen LogP contribution in [-0.4, -0.2) is 28.1 Å². The zero-order valence-electron chi connectivity index (χ0n) is 16.0. The van der Waals surface area contributed by atoms with Crippen LogP contribution in [0, 0.1) is 12.7 Å². The van der Waals surface area contributed by atoms with E-state index in [0.717, 1.165) is 5.56 Å². The lowest BCUT2D eigenvalue weighted by Crippen LogP contribution is -2.30. The quantitative estimate of drug-likeness (QED) is 0.611. The van der Waals surface area contributed by atoms with E-state index in [-0.39, 0.29) is 24.5 Å². The molecule has 8 heteroatoms. The number of carbonyl (C=O) groups is 2. The van der Waals surface area contributed by atoms with Crippen molar-refractivity contribution in [1.82, 2.24) is 10.1 Å². The summed E-state index contributed by atoms with van der Waals surface area (Å²) in [6, 6.07) is 13.0. The molecule has 150 valence electrons. The molecule has 0 aliphatic heterocycles. The molecule has 0 aliphatic rings. The monoisotopic (exact) mass is 397 g/mol. The zero-order chi connectivity index (χ0) is 20.8. The van der Waals surface area contributed by atoms with Crippen molar-refractivity contribution in [2.75, 3.05) is 5.32 Å². The molecule has 7 nitrogen and oxygen atoms in total. The van der Waals surface area contributed by atoms with Crippen molar-refractivity contribution in [1.29, 1.82) is 0 Å². The first-order valence-corrected chi connectivity index (χ1v) is 9.07. The number of hydrogen-bond acceptors (Lipinski definition) is 6. The lowest BCUT2D eigenvalue weighted by Gasteiger charge is -2.14. The van der Waals surface area contributed by atoms with Crippen molar-refractivity contribution in [3.63, 3.8) is 0 Å². The maximum absolute atomic E-state index is 13.0. The van der Waals surface area contributed by atoms with Gasteiger partial charge in [-0.25, -0.2) is 4.39 Å². The van der Waals surface area contributed by atoms with Crippen LogP contribution in [0.15, 0.2) is 53.1 Å². The second kappa shape index (κ2) is 9.09. The second-order valence-corrected chi connectivity index (χ2v) is 6.45. The Bertz CT molecular complexity index is 1000. The predicted octanol–water partition coefficient (Wildman–Crippen LogP) is 3.69. The van der Waals surface area contributed by atoms with E-state index in [1.54, 1.807) is 6.07 Å². The molecule has 1 N–H and O–H groups in total. The highest BCUT2D eigenvalue weighted by molar-refractivity contribution is 5.95. The normalized spacial score (nSPS) is 11.7. The number of carbonyl (C=O) groups excluding carboxylic acids is 2. The van der Waals surface area contributed by atoms with Crippen LogP contribution in [0.4, 0.5) is 10.1 Å². The van der Waals surface area contributed by atoms with E-state index in [4.69, 9.17) is 9.26 Å². The summed E-state index contributed by atoms with van der Waals surface area (Å²) in [4.78, 5) is 28.4. The van der Waals surface area contributed by atoms with Crippen LogP contribution in [-0.2, 0) is 20.7 Å². The fourth-order valence-electron chi connectivity index (χ4n) is 2.54. The highest BCUT2D eigenvalue weighted by Gasteiger charge is 2.19. The van der Waals surface area contributed by atoms with Gasteiger partial charge in [-0.05, 0) is 49.7 Å². The summed E-state index contributed by atoms with van der Waals surface area (Å²) in [6.07, 6.45) is -0.800. The van der Waals surface area contributed by atoms with Gasteiger partial charge in [0, 0.05) is 17.7 Å². The molecule has 1 aromatic heterocycles. The molecular weight excluding hydrogens is 377 g/mol. The minimum atomic E-state index is -0.945. The molecule has 0 spiro atoms. The molecule has 0 bridgehead atoms. The van der Waals surface area contributed by atoms with E-state index >= 15 is 0 Å². The largest absolute Gasteiger partial charge is 0.453 e. The third-order valence-electron chi connectivity index (χ3n) is 4.19. The number of hydrogen-bond donors (Lipinski definition) is 1. The molecule has 29 heavy (non-hydrogen) atoms. The summed E-state index contributed by atoms with van der Waals surface area (Å²) in [6.45, 7) is 3.38. The fraction of sp³-hybridized carbons (Fsp3) is 0.238. The van der Waals surface area contributed by atoms with Gasteiger partial charge in [-0.1, -0.05) is 23.4 Å². The predicted molar refractivity (Wildman–Crippen MR) is 103 cm³/mol. The van der Waals surface area contributed by atoms with Crippen molar-refractivity contribution < 1.29 is 23.2 Å². The SMILES string of the molecule is Cc1ccccc1NC(=O)C(C)OC(=O)CCc1nc(-c2ccc(F)cc2)no1. The number of aromatic nitrogens is 2. The van der Waals surface area contributed by atoms with Crippen molar-refractivity contribution in [2.24, 2.45) is 0 Å². The number of para-hydroxylation sites is 1. The Morgan fingerprint density at radius 3 is 2.62 bits per heavy atom. The Labute approximate surface area is 166 Å². The van der Waals surface area contributed by atoms with Gasteiger partial charge in [0.15, 0.2) is 6.10 Å². The highest BCUT2D eigenvalue weighted by atomic mass is 19.1. The third-order valence-corrected chi connectivity index (χ3v) is 4.19. The average Bonchev–Trinajstić information content (AvgIpc) is 3.17. The second-order valence-electron chi connectivity index (χ2n) is 6.45. The number of amides is 1. The number of benzene rings is 2. The van der Waals surface area contributed by atoms with Crippen molar-refractivity contribution >= 4 is 17.6 Å². The van der Waals surface area contributed by atoms with Crippen LogP contribution in [0.3, 0.4) is 0 Å². The maximum atomic E-state index is 13.0. The molecule has 3 aromatic rings. The van der Waals surface area contributed by atoms with Gasteiger partial charge in [-0.15, -0.1) is 0 Å². The van der Waals surface area contributed by atoms with Gasteiger partial charge in [0.1, 0.15) is 5.82 Å². The Kier molecular flexibility index (Phi) is 6.33. The summed E-state index contributed by atoms with van der Waals surface area (Å²) in [5, 5.41) is 6.54. The number of esters is 1. The number of rotatable bonds is 7. The third kappa shape index (κ3) is 5.47. The molecule has 0 radical (unpaired) electrons. The Morgan fingerprint density at radius 1 is 1.17 bits per heavy atom. The average molecular weight is 397 g/mol.